The molecule has 1 atom stereocenters. The number of nitrogens with zero attached hydrogens (tertiary/aromatic N) is 2. The van der Waals surface area contributed by atoms with Crippen molar-refractivity contribution in [1.82, 2.24) is 9.80 Å². The molecule has 0 aliphatic carbocycles. The Bertz CT molecular complexity index is 302. The molecule has 16 heavy (non-hydrogen) atoms. The highest BCUT2D eigenvalue weighted by Crippen LogP contribution is 2.24. The summed E-state index contributed by atoms with van der Waals surface area (Å²) in [5.74, 6) is -1.04. The monoisotopic (exact) mass is 228 g/mol. The summed E-state index contributed by atoms with van der Waals surface area (Å²) in [5, 5.41) is 8.81. The smallest absolute Gasteiger partial charge is 0.305 e. The molecule has 0 radical (unpaired) electrons. The summed E-state index contributed by atoms with van der Waals surface area (Å²) < 4.78 is 0. The first-order chi connectivity index (χ1) is 7.25. The number of carbonyl (C=O) groups excluding carboxylic acids is 1. The molecule has 0 aromatic carbocycles. The van der Waals surface area contributed by atoms with E-state index in [9.17, 15) is 9.59 Å². The Hall–Kier alpha value is -1.10. The molecule has 1 heterocycles. The van der Waals surface area contributed by atoms with E-state index in [1.54, 1.807) is 19.0 Å². The Balaban J connectivity index is 2.92. The molecule has 1 aliphatic rings. The van der Waals surface area contributed by atoms with Crippen LogP contribution in [0.3, 0.4) is 0 Å². The topological polar surface area (TPSA) is 60.9 Å². The molecule has 1 amide bonds. The molecule has 1 aliphatic heterocycles. The average molecular weight is 228 g/mol. The fourth-order valence-corrected chi connectivity index (χ4v) is 1.89. The summed E-state index contributed by atoms with van der Waals surface area (Å²) in [7, 11) is 3.55. The van der Waals surface area contributed by atoms with Gasteiger partial charge in [-0.2, -0.15) is 0 Å². The Morgan fingerprint density at radius 2 is 2.06 bits per heavy atom. The van der Waals surface area contributed by atoms with E-state index in [0.29, 0.717) is 0 Å². The van der Waals surface area contributed by atoms with E-state index < -0.39 is 12.0 Å². The van der Waals surface area contributed by atoms with Crippen molar-refractivity contribution in [3.8, 4) is 0 Å². The third kappa shape index (κ3) is 2.52. The van der Waals surface area contributed by atoms with Crippen LogP contribution in [-0.4, -0.2) is 59.0 Å². The second kappa shape index (κ2) is 4.41. The molecule has 1 N–H and O–H groups in total. The molecule has 5 nitrogen and oxygen atoms in total. The summed E-state index contributed by atoms with van der Waals surface area (Å²) in [6.07, 6.45) is 0.720. The number of aliphatic carboxylic acids is 1. The molecule has 0 aromatic rings. The summed E-state index contributed by atoms with van der Waals surface area (Å²) in [5.41, 5.74) is -0.210. The van der Waals surface area contributed by atoms with E-state index in [-0.39, 0.29) is 17.9 Å². The number of carboxylic acids is 1. The first kappa shape index (κ1) is 13.0. The van der Waals surface area contributed by atoms with Gasteiger partial charge in [0.25, 0.3) is 0 Å². The van der Waals surface area contributed by atoms with Gasteiger partial charge < -0.3 is 10.0 Å². The Kier molecular flexibility index (Phi) is 3.57. The summed E-state index contributed by atoms with van der Waals surface area (Å²) >= 11 is 0. The van der Waals surface area contributed by atoms with Crippen molar-refractivity contribution < 1.29 is 14.7 Å². The standard InChI is InChI=1S/C11H20N2O3/c1-11(2)5-6-12(3)8(7-9(14)15)10(16)13(11)4/h8H,5-7H2,1-4H3,(H,14,15). The SMILES string of the molecule is CN1CCC(C)(C)N(C)C(=O)C1CC(=O)O. The maximum atomic E-state index is 12.1. The summed E-state index contributed by atoms with van der Waals surface area (Å²) in [6.45, 7) is 4.74. The van der Waals surface area contributed by atoms with Crippen molar-refractivity contribution in [2.75, 3.05) is 20.6 Å². The number of likely N-dealkylation sites (N-methyl/N-ethyl adjacent to an activating group) is 2. The van der Waals surface area contributed by atoms with Gasteiger partial charge >= 0.3 is 5.97 Å². The van der Waals surface area contributed by atoms with E-state index in [0.717, 1.165) is 13.0 Å². The lowest BCUT2D eigenvalue weighted by Crippen LogP contribution is -2.49. The van der Waals surface area contributed by atoms with Gasteiger partial charge in [0, 0.05) is 19.1 Å². The number of carbonyl (C=O) groups is 2. The maximum Gasteiger partial charge on any atom is 0.305 e. The predicted molar refractivity (Wildman–Crippen MR) is 60.1 cm³/mol. The third-order valence-electron chi connectivity index (χ3n) is 3.50. The van der Waals surface area contributed by atoms with Gasteiger partial charge in [-0.25, -0.2) is 0 Å². The molecule has 1 saturated heterocycles. The fourth-order valence-electron chi connectivity index (χ4n) is 1.89. The fraction of sp³-hybridized carbons (Fsp3) is 0.818. The molecule has 5 heteroatoms. The van der Waals surface area contributed by atoms with Crippen molar-refractivity contribution in [1.29, 1.82) is 0 Å². The Labute approximate surface area is 96.0 Å². The Morgan fingerprint density at radius 1 is 1.50 bits per heavy atom. The lowest BCUT2D eigenvalue weighted by Gasteiger charge is -2.34. The summed E-state index contributed by atoms with van der Waals surface area (Å²) in [4.78, 5) is 26.4. The first-order valence-corrected chi connectivity index (χ1v) is 5.45. The third-order valence-corrected chi connectivity index (χ3v) is 3.50. The van der Waals surface area contributed by atoms with Gasteiger partial charge in [0.2, 0.25) is 5.91 Å². The highest BCUT2D eigenvalue weighted by Gasteiger charge is 2.38. The van der Waals surface area contributed by atoms with Crippen molar-refractivity contribution in [3.63, 3.8) is 0 Å². The van der Waals surface area contributed by atoms with Crippen molar-refractivity contribution in [2.24, 2.45) is 0 Å². The van der Waals surface area contributed by atoms with Crippen LogP contribution in [-0.2, 0) is 9.59 Å². The molecule has 1 rings (SSSR count). The number of hydrogen-bond donors (Lipinski definition) is 1. The minimum Gasteiger partial charge on any atom is -0.481 e. The van der Waals surface area contributed by atoms with Crippen LogP contribution < -0.4 is 0 Å². The zero-order valence-electron chi connectivity index (χ0n) is 10.4. The van der Waals surface area contributed by atoms with Gasteiger partial charge in [-0.05, 0) is 27.3 Å². The molecule has 0 saturated carbocycles. The minimum absolute atomic E-state index is 0.104. The zero-order valence-corrected chi connectivity index (χ0v) is 10.4. The molecule has 1 unspecified atom stereocenters. The van der Waals surface area contributed by atoms with Gasteiger partial charge in [-0.15, -0.1) is 0 Å². The van der Waals surface area contributed by atoms with Gasteiger partial charge in [0.15, 0.2) is 0 Å². The lowest BCUT2D eigenvalue weighted by atomic mass is 9.99. The largest absolute Gasteiger partial charge is 0.481 e. The van der Waals surface area contributed by atoms with Crippen LogP contribution >= 0.6 is 0 Å². The normalized spacial score (nSPS) is 26.6. The van der Waals surface area contributed by atoms with E-state index in [4.69, 9.17) is 5.11 Å². The highest BCUT2D eigenvalue weighted by molar-refractivity contribution is 5.86. The van der Waals surface area contributed by atoms with Gasteiger partial charge in [0.1, 0.15) is 0 Å². The number of rotatable bonds is 2. The van der Waals surface area contributed by atoms with Crippen molar-refractivity contribution >= 4 is 11.9 Å². The van der Waals surface area contributed by atoms with Crippen LogP contribution in [0.4, 0.5) is 0 Å². The molecule has 0 aromatic heterocycles. The van der Waals surface area contributed by atoms with Crippen LogP contribution in [0.25, 0.3) is 0 Å². The average Bonchev–Trinajstić information content (AvgIpc) is 2.24. The van der Waals surface area contributed by atoms with Gasteiger partial charge in [0.05, 0.1) is 12.5 Å². The van der Waals surface area contributed by atoms with E-state index in [1.807, 2.05) is 18.7 Å². The second-order valence-electron chi connectivity index (χ2n) is 5.05. The van der Waals surface area contributed by atoms with E-state index in [1.165, 1.54) is 0 Å². The first-order valence-electron chi connectivity index (χ1n) is 5.45. The van der Waals surface area contributed by atoms with E-state index in [2.05, 4.69) is 0 Å². The molecular weight excluding hydrogens is 208 g/mol. The van der Waals surface area contributed by atoms with Crippen LogP contribution in [0.1, 0.15) is 26.7 Å². The molecule has 1 fully saturated rings. The van der Waals surface area contributed by atoms with Gasteiger partial charge in [-0.1, -0.05) is 0 Å². The quantitative estimate of drug-likeness (QED) is 0.743. The van der Waals surface area contributed by atoms with Crippen molar-refractivity contribution in [3.05, 3.63) is 0 Å². The van der Waals surface area contributed by atoms with E-state index >= 15 is 0 Å². The minimum atomic E-state index is -0.932. The molecule has 0 bridgehead atoms. The lowest BCUT2D eigenvalue weighted by molar-refractivity contribution is -0.145. The highest BCUT2D eigenvalue weighted by atomic mass is 16.4. The summed E-state index contributed by atoms with van der Waals surface area (Å²) in [6, 6.07) is -0.538. The van der Waals surface area contributed by atoms with Crippen LogP contribution in [0.2, 0.25) is 0 Å². The molecule has 92 valence electrons. The second-order valence-corrected chi connectivity index (χ2v) is 5.05. The number of carboxylic acid groups (broad SMARTS) is 1. The molecule has 0 spiro atoms. The van der Waals surface area contributed by atoms with Crippen molar-refractivity contribution in [2.45, 2.75) is 38.3 Å². The zero-order chi connectivity index (χ0) is 12.5. The Morgan fingerprint density at radius 3 is 2.56 bits per heavy atom. The van der Waals surface area contributed by atoms with Crippen LogP contribution in [0.15, 0.2) is 0 Å². The number of amides is 1. The maximum absolute atomic E-state index is 12.1. The predicted octanol–water partition coefficient (Wildman–Crippen LogP) is 0.402. The van der Waals surface area contributed by atoms with Crippen LogP contribution in [0, 0.1) is 0 Å². The van der Waals surface area contributed by atoms with Gasteiger partial charge in [-0.3, -0.25) is 14.5 Å². The molecular formula is C11H20N2O3. The van der Waals surface area contributed by atoms with Crippen LogP contribution in [0.5, 0.6) is 0 Å². The number of hydrogen-bond acceptors (Lipinski definition) is 3.